The Hall–Kier alpha value is -1.42. The number of H-pyrrole nitrogens is 1. The van der Waals surface area contributed by atoms with Crippen molar-refractivity contribution in [2.75, 3.05) is 0 Å². The van der Waals surface area contributed by atoms with E-state index in [1.807, 2.05) is 13.0 Å². The molecule has 1 fully saturated rings. The summed E-state index contributed by atoms with van der Waals surface area (Å²) in [5.74, 6) is -1.27. The van der Waals surface area contributed by atoms with Crippen LogP contribution in [0.15, 0.2) is 25.2 Å². The summed E-state index contributed by atoms with van der Waals surface area (Å²) < 4.78 is -0.0810. The van der Waals surface area contributed by atoms with Crippen LogP contribution in [0.25, 0.3) is 0 Å². The maximum atomic E-state index is 12.7. The topological polar surface area (TPSA) is 107 Å². The molecule has 1 amide bonds. The van der Waals surface area contributed by atoms with Crippen molar-refractivity contribution in [1.29, 1.82) is 0 Å². The first-order valence-corrected chi connectivity index (χ1v) is 9.17. The van der Waals surface area contributed by atoms with E-state index in [0.29, 0.717) is 12.8 Å². The number of imidazole rings is 1. The Morgan fingerprint density at radius 1 is 1.67 bits per heavy atom. The summed E-state index contributed by atoms with van der Waals surface area (Å²) in [4.78, 5) is 31.1. The van der Waals surface area contributed by atoms with E-state index >= 15 is 0 Å². The lowest BCUT2D eigenvalue weighted by Gasteiger charge is -2.24. The first-order chi connectivity index (χ1) is 11.4. The number of rotatable bonds is 10. The number of carbonyl (C=O) groups excluding carboxylic acids is 1. The number of carboxylic acids is 1. The molecule has 0 aromatic carbocycles. The van der Waals surface area contributed by atoms with Gasteiger partial charge in [-0.25, -0.2) is 9.78 Å². The molecule has 7 nitrogen and oxygen atoms in total. The van der Waals surface area contributed by atoms with Crippen LogP contribution in [0.5, 0.6) is 0 Å². The lowest BCUT2D eigenvalue weighted by atomic mass is 10.1. The number of halogens is 1. The number of amides is 1. The van der Waals surface area contributed by atoms with Crippen LogP contribution in [0, 0.1) is 0 Å². The molecule has 1 aliphatic carbocycles. The van der Waals surface area contributed by atoms with Crippen molar-refractivity contribution >= 4 is 34.5 Å². The fourth-order valence-electron chi connectivity index (χ4n) is 2.57. The Balaban J connectivity index is 2.04. The molecule has 0 spiro atoms. The summed E-state index contributed by atoms with van der Waals surface area (Å²) in [6.07, 6.45) is 7.65. The van der Waals surface area contributed by atoms with Crippen molar-refractivity contribution in [3.05, 3.63) is 30.9 Å². The highest BCUT2D eigenvalue weighted by atomic mass is 127. The molecule has 0 saturated heterocycles. The smallest absolute Gasteiger partial charge is 0.330 e. The van der Waals surface area contributed by atoms with Crippen LogP contribution < -0.4 is 10.6 Å². The number of hydrogen-bond acceptors (Lipinski definition) is 4. The fourth-order valence-corrected chi connectivity index (χ4v) is 3.69. The van der Waals surface area contributed by atoms with Crippen LogP contribution in [0.1, 0.15) is 31.9 Å². The summed E-state index contributed by atoms with van der Waals surface area (Å²) in [7, 11) is 0. The van der Waals surface area contributed by atoms with Gasteiger partial charge in [-0.05, 0) is 26.2 Å². The third-order valence-electron chi connectivity index (χ3n) is 4.19. The molecule has 1 heterocycles. The molecule has 8 heteroatoms. The van der Waals surface area contributed by atoms with Gasteiger partial charge >= 0.3 is 5.97 Å². The largest absolute Gasteiger partial charge is 0.479 e. The van der Waals surface area contributed by atoms with E-state index in [0.717, 1.165) is 18.5 Å². The average molecular weight is 446 g/mol. The molecule has 132 valence electrons. The lowest BCUT2D eigenvalue weighted by molar-refractivity contribution is -0.143. The quantitative estimate of drug-likeness (QED) is 0.247. The van der Waals surface area contributed by atoms with Gasteiger partial charge in [-0.15, -0.1) is 6.58 Å². The molecule has 0 bridgehead atoms. The van der Waals surface area contributed by atoms with Gasteiger partial charge in [-0.1, -0.05) is 28.7 Å². The zero-order valence-corrected chi connectivity index (χ0v) is 15.7. The highest BCUT2D eigenvalue weighted by Gasteiger charge is 2.61. The summed E-state index contributed by atoms with van der Waals surface area (Å²) in [6, 6.07) is -0.414. The molecular formula is C16H23IN4O3. The van der Waals surface area contributed by atoms with Gasteiger partial charge in [0, 0.05) is 28.3 Å². The van der Waals surface area contributed by atoms with Crippen LogP contribution in [0.2, 0.25) is 0 Å². The summed E-state index contributed by atoms with van der Waals surface area (Å²) in [6.45, 7) is 5.71. The average Bonchev–Trinajstić information content (AvgIpc) is 2.95. The molecule has 4 atom stereocenters. The second-order valence-corrected chi connectivity index (χ2v) is 7.71. The molecule has 0 aliphatic heterocycles. The van der Waals surface area contributed by atoms with Crippen molar-refractivity contribution in [2.24, 2.45) is 0 Å². The first kappa shape index (κ1) is 18.9. The van der Waals surface area contributed by atoms with Crippen LogP contribution >= 0.6 is 22.6 Å². The third-order valence-corrected chi connectivity index (χ3v) is 5.69. The number of hydrogen-bond donors (Lipinski definition) is 4. The fraction of sp³-hybridized carbons (Fsp3) is 0.562. The highest BCUT2D eigenvalue weighted by molar-refractivity contribution is 14.1. The van der Waals surface area contributed by atoms with E-state index in [2.05, 4.69) is 49.8 Å². The highest BCUT2D eigenvalue weighted by Crippen LogP contribution is 2.43. The molecule has 2 rings (SSSR count). The number of carbonyl (C=O) groups is 2. The number of nitrogens with zero attached hydrogens (tertiary/aromatic N) is 1. The minimum Gasteiger partial charge on any atom is -0.479 e. The van der Waals surface area contributed by atoms with Gasteiger partial charge in [0.15, 0.2) is 5.54 Å². The van der Waals surface area contributed by atoms with Crippen molar-refractivity contribution in [1.82, 2.24) is 20.6 Å². The maximum absolute atomic E-state index is 12.7. The molecule has 0 radical (unpaired) electrons. The SMILES string of the molecule is C=CCC[C@H](C)N[C@@H](Cc1cnc[nH]1)C(=O)NC1(C(=O)O)CC1I. The molecular weight excluding hydrogens is 423 g/mol. The summed E-state index contributed by atoms with van der Waals surface area (Å²) in [5, 5.41) is 15.4. The molecule has 4 N–H and O–H groups in total. The maximum Gasteiger partial charge on any atom is 0.330 e. The van der Waals surface area contributed by atoms with E-state index in [1.165, 1.54) is 0 Å². The normalized spacial score (nSPS) is 24.8. The van der Waals surface area contributed by atoms with Gasteiger partial charge in [0.2, 0.25) is 5.91 Å². The van der Waals surface area contributed by atoms with Crippen molar-refractivity contribution in [3.63, 3.8) is 0 Å². The Bertz CT molecular complexity index is 592. The second-order valence-electron chi connectivity index (χ2n) is 6.20. The van der Waals surface area contributed by atoms with Gasteiger partial charge < -0.3 is 20.7 Å². The van der Waals surface area contributed by atoms with Gasteiger partial charge in [0.1, 0.15) is 0 Å². The summed E-state index contributed by atoms with van der Waals surface area (Å²) >= 11 is 2.06. The molecule has 1 aliphatic rings. The molecule has 1 saturated carbocycles. The van der Waals surface area contributed by atoms with Gasteiger partial charge in [-0.3, -0.25) is 4.79 Å². The Morgan fingerprint density at radius 2 is 2.38 bits per heavy atom. The van der Waals surface area contributed by atoms with Crippen LogP contribution in [-0.2, 0) is 16.0 Å². The number of aromatic amines is 1. The van der Waals surface area contributed by atoms with E-state index in [9.17, 15) is 14.7 Å². The molecule has 1 aromatic rings. The van der Waals surface area contributed by atoms with E-state index < -0.39 is 17.6 Å². The van der Waals surface area contributed by atoms with Crippen molar-refractivity contribution in [3.8, 4) is 0 Å². The zero-order chi connectivity index (χ0) is 17.7. The first-order valence-electron chi connectivity index (χ1n) is 7.92. The van der Waals surface area contributed by atoms with E-state index in [1.54, 1.807) is 12.5 Å². The third kappa shape index (κ3) is 4.56. The number of nitrogens with one attached hydrogen (secondary N) is 3. The number of aromatic nitrogens is 2. The Kier molecular flexibility index (Phi) is 6.39. The monoisotopic (exact) mass is 446 g/mol. The van der Waals surface area contributed by atoms with Crippen LogP contribution in [0.4, 0.5) is 0 Å². The second kappa shape index (κ2) is 8.11. The minimum absolute atomic E-state index is 0.0810. The van der Waals surface area contributed by atoms with E-state index in [4.69, 9.17) is 0 Å². The minimum atomic E-state index is -1.13. The molecule has 24 heavy (non-hydrogen) atoms. The van der Waals surface area contributed by atoms with Gasteiger partial charge in [0.25, 0.3) is 0 Å². The Morgan fingerprint density at radius 3 is 2.88 bits per heavy atom. The van der Waals surface area contributed by atoms with Crippen LogP contribution in [0.3, 0.4) is 0 Å². The van der Waals surface area contributed by atoms with Crippen LogP contribution in [-0.4, -0.2) is 48.5 Å². The molecule has 2 unspecified atom stereocenters. The zero-order valence-electron chi connectivity index (χ0n) is 13.6. The predicted molar refractivity (Wildman–Crippen MR) is 99.0 cm³/mol. The number of carboxylic acid groups (broad SMARTS) is 1. The van der Waals surface area contributed by atoms with E-state index in [-0.39, 0.29) is 15.9 Å². The lowest BCUT2D eigenvalue weighted by Crippen LogP contribution is -2.55. The Labute approximate surface area is 154 Å². The number of alkyl halides is 1. The van der Waals surface area contributed by atoms with Gasteiger partial charge in [0.05, 0.1) is 12.4 Å². The van der Waals surface area contributed by atoms with Crippen molar-refractivity contribution < 1.29 is 14.7 Å². The summed E-state index contributed by atoms with van der Waals surface area (Å²) in [5.41, 5.74) is -0.305. The number of aliphatic carboxylic acids is 1. The predicted octanol–water partition coefficient (Wildman–Crippen LogP) is 1.41. The molecule has 1 aromatic heterocycles. The van der Waals surface area contributed by atoms with Gasteiger partial charge in [-0.2, -0.15) is 0 Å². The number of allylic oxidation sites excluding steroid dienone is 1. The standard InChI is InChI=1S/C16H23IN4O3/c1-3-4-5-10(2)20-12(6-11-8-18-9-19-11)14(22)21-16(15(23)24)7-13(16)17/h3,8-10,12-13,20H,1,4-7H2,2H3,(H,18,19)(H,21,22)(H,23,24)/t10-,12-,13?,16?/m0/s1. The van der Waals surface area contributed by atoms with Crippen molar-refractivity contribution in [2.45, 2.75) is 54.2 Å².